The van der Waals surface area contributed by atoms with Gasteiger partial charge in [-0.05, 0) is 59.7 Å². The third-order valence-electron chi connectivity index (χ3n) is 8.12. The minimum atomic E-state index is -1.31. The van der Waals surface area contributed by atoms with E-state index in [1.807, 2.05) is 36.4 Å². The van der Waals surface area contributed by atoms with E-state index in [1.54, 1.807) is 0 Å². The van der Waals surface area contributed by atoms with Gasteiger partial charge in [-0.25, -0.2) is 0 Å². The van der Waals surface area contributed by atoms with E-state index < -0.39 is 28.1 Å². The van der Waals surface area contributed by atoms with Gasteiger partial charge < -0.3 is 14.6 Å². The molecule has 0 aromatic heterocycles. The predicted octanol–water partition coefficient (Wildman–Crippen LogP) is 6.86. The maximum atomic E-state index is 13.2. The number of rotatable bonds is 6. The van der Waals surface area contributed by atoms with Crippen molar-refractivity contribution in [2.24, 2.45) is 5.92 Å². The van der Waals surface area contributed by atoms with Crippen molar-refractivity contribution in [1.82, 2.24) is 0 Å². The molecular weight excluding hydrogens is 606 g/mol. The molecule has 2 atom stereocenters. The van der Waals surface area contributed by atoms with Gasteiger partial charge in [0.15, 0.2) is 0 Å². The smallest absolute Gasteiger partial charge is 0.317 e. The van der Waals surface area contributed by atoms with E-state index in [2.05, 4.69) is 116 Å². The predicted molar refractivity (Wildman–Crippen MR) is 190 cm³/mol. The summed E-state index contributed by atoms with van der Waals surface area (Å²) >= 11 is 0. The lowest BCUT2D eigenvalue weighted by Crippen LogP contribution is -2.26. The van der Waals surface area contributed by atoms with Gasteiger partial charge in [-0.2, -0.15) is 0 Å². The highest BCUT2D eigenvalue weighted by molar-refractivity contribution is 7.80. The average Bonchev–Trinajstić information content (AvgIpc) is 3.12. The van der Waals surface area contributed by atoms with Gasteiger partial charge in [0, 0.05) is 17.6 Å². The fraction of sp³-hybridized carbons (Fsp3) is 0.125. The second kappa shape index (κ2) is 13.6. The number of fused-ring (bicyclic) bond motifs is 2. The van der Waals surface area contributed by atoms with Crippen molar-refractivity contribution in [3.05, 3.63) is 162 Å². The van der Waals surface area contributed by atoms with E-state index >= 15 is 0 Å². The fourth-order valence-corrected chi connectivity index (χ4v) is 11.4. The number of esters is 1. The second-order valence-corrected chi connectivity index (χ2v) is 15.8. The minimum absolute atomic E-state index is 0.149. The summed E-state index contributed by atoms with van der Waals surface area (Å²) in [6.45, 7) is 2.19. The van der Waals surface area contributed by atoms with Crippen LogP contribution in [0.4, 0.5) is 0 Å². The molecule has 7 rings (SSSR count). The number of allylic oxidation sites excluding steroid dienone is 4. The largest absolute Gasteiger partial charge is 0.468 e. The zero-order valence-electron chi connectivity index (χ0n) is 25.5. The van der Waals surface area contributed by atoms with Crippen molar-refractivity contribution in [2.45, 2.75) is 26.1 Å². The van der Waals surface area contributed by atoms with Crippen LogP contribution in [0, 0.1) is 5.92 Å². The number of carbonyl (C=O) groups is 1. The molecule has 1 unspecified atom stereocenters. The van der Waals surface area contributed by atoms with Crippen molar-refractivity contribution >= 4 is 53.9 Å². The van der Waals surface area contributed by atoms with Crippen LogP contribution in [0.5, 0.6) is 5.75 Å². The summed E-state index contributed by atoms with van der Waals surface area (Å²) in [7, 11) is -2.12. The van der Waals surface area contributed by atoms with E-state index in [-0.39, 0.29) is 12.3 Å². The van der Waals surface area contributed by atoms with Crippen LogP contribution in [0.1, 0.15) is 25.3 Å². The van der Waals surface area contributed by atoms with Crippen LogP contribution in [-0.4, -0.2) is 17.4 Å². The number of hydrogen-bond acceptors (Lipinski definition) is 4. The lowest BCUT2D eigenvalue weighted by Gasteiger charge is -2.33. The lowest BCUT2D eigenvalue weighted by atomic mass is 9.91. The number of hydrogen-bond donors (Lipinski definition) is 1. The van der Waals surface area contributed by atoms with Gasteiger partial charge in [-0.15, -0.1) is 0 Å². The highest BCUT2D eigenvalue weighted by Crippen LogP contribution is 2.56. The summed E-state index contributed by atoms with van der Waals surface area (Å²) in [4.78, 5) is 13.2. The lowest BCUT2D eigenvalue weighted by molar-refractivity contribution is -0.145. The molecule has 0 spiro atoms. The molecular formula is C40H34O4P2. The zero-order chi connectivity index (χ0) is 31.5. The molecule has 5 aromatic rings. The van der Waals surface area contributed by atoms with E-state index in [1.165, 1.54) is 21.2 Å². The molecule has 5 aromatic carbocycles. The highest BCUT2D eigenvalue weighted by atomic mass is 31.1. The maximum absolute atomic E-state index is 13.2. The van der Waals surface area contributed by atoms with Gasteiger partial charge in [0.05, 0.1) is 0 Å². The topological polar surface area (TPSA) is 55.8 Å². The molecule has 0 radical (unpaired) electrons. The van der Waals surface area contributed by atoms with Gasteiger partial charge >= 0.3 is 5.97 Å². The summed E-state index contributed by atoms with van der Waals surface area (Å²) in [5.74, 6) is 0.807. The van der Waals surface area contributed by atoms with Crippen LogP contribution in [0.3, 0.4) is 0 Å². The number of aliphatic hydroxyl groups is 1. The van der Waals surface area contributed by atoms with Crippen LogP contribution < -0.4 is 31.3 Å². The first-order valence-electron chi connectivity index (χ1n) is 15.5. The van der Waals surface area contributed by atoms with Gasteiger partial charge in [0.25, 0.3) is 0 Å². The average molecular weight is 641 g/mol. The van der Waals surface area contributed by atoms with E-state index in [0.29, 0.717) is 17.9 Å². The van der Waals surface area contributed by atoms with Gasteiger partial charge in [0.2, 0.25) is 6.29 Å². The Morgan fingerprint density at radius 1 is 0.630 bits per heavy atom. The quantitative estimate of drug-likeness (QED) is 0.125. The number of ether oxygens (including phenoxy) is 2. The molecule has 1 N–H and O–H groups in total. The van der Waals surface area contributed by atoms with Crippen molar-refractivity contribution in [3.63, 3.8) is 0 Å². The highest BCUT2D eigenvalue weighted by Gasteiger charge is 2.36. The molecule has 0 amide bonds. The summed E-state index contributed by atoms with van der Waals surface area (Å²) in [5, 5.41) is 18.0. The first-order valence-corrected chi connectivity index (χ1v) is 18.2. The molecule has 1 heterocycles. The summed E-state index contributed by atoms with van der Waals surface area (Å²) in [5.41, 5.74) is 1.77. The molecule has 4 nitrogen and oxygen atoms in total. The molecule has 0 saturated carbocycles. The van der Waals surface area contributed by atoms with E-state index in [9.17, 15) is 9.90 Å². The van der Waals surface area contributed by atoms with Crippen molar-refractivity contribution in [3.8, 4) is 5.75 Å². The maximum Gasteiger partial charge on any atom is 0.317 e. The minimum Gasteiger partial charge on any atom is -0.468 e. The van der Waals surface area contributed by atoms with E-state index in [4.69, 9.17) is 9.47 Å². The summed E-state index contributed by atoms with van der Waals surface area (Å²) in [6, 6.07) is 48.3. The fourth-order valence-electron chi connectivity index (χ4n) is 6.23. The normalized spacial score (nSPS) is 18.0. The SMILES string of the molecule is C[C@@H]1C=C(P(c2ccccc2)c2ccccc2)C2=C(C1)OC(O)CC(=O)Oc1cccc(P(c3ccccc3)c3ccccc3)c12. The van der Waals surface area contributed by atoms with E-state index in [0.717, 1.165) is 21.8 Å². The zero-order valence-corrected chi connectivity index (χ0v) is 27.3. The Balaban J connectivity index is 1.55. The molecule has 0 fully saturated rings. The third-order valence-corrected chi connectivity index (χ3v) is 13.1. The van der Waals surface area contributed by atoms with Crippen molar-refractivity contribution in [1.29, 1.82) is 0 Å². The third kappa shape index (κ3) is 6.22. The number of benzene rings is 5. The van der Waals surface area contributed by atoms with Gasteiger partial charge in [-0.3, -0.25) is 4.79 Å². The van der Waals surface area contributed by atoms with Gasteiger partial charge in [0.1, 0.15) is 17.9 Å². The Hall–Kier alpha value is -4.33. The van der Waals surface area contributed by atoms with Crippen LogP contribution in [0.15, 0.2) is 157 Å². The first kappa shape index (κ1) is 30.3. The van der Waals surface area contributed by atoms with Gasteiger partial charge in [-0.1, -0.05) is 146 Å². The summed E-state index contributed by atoms with van der Waals surface area (Å²) < 4.78 is 12.5. The molecule has 1 aliphatic heterocycles. The number of aliphatic hydroxyl groups excluding tert-OH is 1. The second-order valence-electron chi connectivity index (χ2n) is 11.4. The molecule has 6 heteroatoms. The summed E-state index contributed by atoms with van der Waals surface area (Å²) in [6.07, 6.45) is 1.39. The standard InChI is InChI=1S/C40H34O4P2/c1-28-25-34-40(36(26-28)46(31-19-10-4-11-20-31)32-21-12-5-13-22-32)39-33(43-37(41)27-38(42)44-34)23-14-24-35(39)45(29-15-6-2-7-16-29)30-17-8-3-9-18-30/h2-24,26,28,38,42H,25,27H2,1H3/t28-,38?/m0/s1. The molecule has 2 aliphatic rings. The van der Waals surface area contributed by atoms with Crippen molar-refractivity contribution < 1.29 is 19.4 Å². The molecule has 46 heavy (non-hydrogen) atoms. The Labute approximate surface area is 272 Å². The first-order chi connectivity index (χ1) is 22.6. The number of carbonyl (C=O) groups excluding carboxylic acids is 1. The van der Waals surface area contributed by atoms with Crippen LogP contribution in [0.25, 0.3) is 5.57 Å². The molecule has 1 aliphatic carbocycles. The Morgan fingerprint density at radius 3 is 1.65 bits per heavy atom. The Bertz CT molecular complexity index is 1810. The van der Waals surface area contributed by atoms with Crippen LogP contribution in [-0.2, 0) is 9.53 Å². The molecule has 228 valence electrons. The van der Waals surface area contributed by atoms with Crippen molar-refractivity contribution in [2.75, 3.05) is 0 Å². The Morgan fingerprint density at radius 2 is 1.13 bits per heavy atom. The van der Waals surface area contributed by atoms with Crippen LogP contribution in [0.2, 0.25) is 0 Å². The molecule has 0 saturated heterocycles. The monoisotopic (exact) mass is 640 g/mol. The van der Waals surface area contributed by atoms with Crippen LogP contribution >= 0.6 is 15.8 Å². The Kier molecular flexibility index (Phi) is 8.95. The molecule has 0 bridgehead atoms.